The molecular formula is C20H18ClNO. The maximum Gasteiger partial charge on any atom is 0.163 e. The van der Waals surface area contributed by atoms with Crippen LogP contribution >= 0.6 is 11.6 Å². The summed E-state index contributed by atoms with van der Waals surface area (Å²) < 4.78 is 2.07. The van der Waals surface area contributed by atoms with E-state index in [2.05, 4.69) is 10.6 Å². The second kappa shape index (κ2) is 6.84. The van der Waals surface area contributed by atoms with Crippen molar-refractivity contribution >= 4 is 17.4 Å². The molecule has 0 aliphatic heterocycles. The molecule has 3 heteroatoms. The molecule has 0 saturated heterocycles. The molecule has 1 heterocycles. The highest BCUT2D eigenvalue weighted by atomic mass is 35.5. The van der Waals surface area contributed by atoms with Crippen molar-refractivity contribution in [3.8, 4) is 0 Å². The van der Waals surface area contributed by atoms with E-state index >= 15 is 0 Å². The number of hydrogen-bond donors (Lipinski definition) is 0. The Morgan fingerprint density at radius 3 is 2.30 bits per heavy atom. The van der Waals surface area contributed by atoms with Crippen LogP contribution in [0.1, 0.15) is 34.0 Å². The standard InChI is InChI=1S/C20H18ClNO/c1-22-13-5-8-19(22)18(15-9-11-17(21)12-10-15)14-20(23)16-6-3-2-4-7-16/h2-13,18H,14H2,1H3. The van der Waals surface area contributed by atoms with Crippen molar-refractivity contribution in [2.45, 2.75) is 12.3 Å². The van der Waals surface area contributed by atoms with E-state index < -0.39 is 0 Å². The van der Waals surface area contributed by atoms with Crippen LogP contribution in [-0.2, 0) is 7.05 Å². The number of aryl methyl sites for hydroxylation is 1. The largest absolute Gasteiger partial charge is 0.354 e. The molecule has 0 spiro atoms. The van der Waals surface area contributed by atoms with Crippen molar-refractivity contribution in [1.29, 1.82) is 0 Å². The second-order valence-corrected chi connectivity index (χ2v) is 6.08. The number of ketones is 1. The molecule has 1 unspecified atom stereocenters. The lowest BCUT2D eigenvalue weighted by atomic mass is 9.89. The number of nitrogens with zero attached hydrogens (tertiary/aromatic N) is 1. The van der Waals surface area contributed by atoms with Crippen LogP contribution in [0.3, 0.4) is 0 Å². The van der Waals surface area contributed by atoms with Crippen LogP contribution in [0, 0.1) is 0 Å². The second-order valence-electron chi connectivity index (χ2n) is 5.64. The number of carbonyl (C=O) groups is 1. The smallest absolute Gasteiger partial charge is 0.163 e. The summed E-state index contributed by atoms with van der Waals surface area (Å²) in [6.07, 6.45) is 2.44. The Balaban J connectivity index is 1.94. The first-order chi connectivity index (χ1) is 11.1. The van der Waals surface area contributed by atoms with E-state index in [1.807, 2.05) is 73.9 Å². The molecule has 2 aromatic carbocycles. The van der Waals surface area contributed by atoms with Gasteiger partial charge in [-0.15, -0.1) is 0 Å². The number of Topliss-reactive ketones (excluding diaryl/α,β-unsaturated/α-hetero) is 1. The van der Waals surface area contributed by atoms with Crippen LogP contribution in [0.25, 0.3) is 0 Å². The molecule has 0 N–H and O–H groups in total. The molecule has 0 fully saturated rings. The van der Waals surface area contributed by atoms with Crippen LogP contribution in [0.2, 0.25) is 5.02 Å². The maximum absolute atomic E-state index is 12.7. The predicted octanol–water partition coefficient (Wildman–Crippen LogP) is 5.08. The monoisotopic (exact) mass is 323 g/mol. The zero-order valence-corrected chi connectivity index (χ0v) is 13.7. The molecule has 3 aromatic rings. The third-order valence-electron chi connectivity index (χ3n) is 4.10. The van der Waals surface area contributed by atoms with E-state index in [9.17, 15) is 4.79 Å². The first-order valence-corrected chi connectivity index (χ1v) is 7.98. The summed E-state index contributed by atoms with van der Waals surface area (Å²) in [5, 5.41) is 0.703. The molecule has 0 aliphatic rings. The first kappa shape index (κ1) is 15.6. The Morgan fingerprint density at radius 1 is 1.00 bits per heavy atom. The van der Waals surface area contributed by atoms with Gasteiger partial charge in [0.15, 0.2) is 5.78 Å². The minimum Gasteiger partial charge on any atom is -0.354 e. The molecule has 0 saturated carbocycles. The summed E-state index contributed by atoms with van der Waals surface area (Å²) in [5.41, 5.74) is 2.97. The van der Waals surface area contributed by atoms with E-state index in [1.165, 1.54) is 0 Å². The minimum absolute atomic E-state index is 0.0139. The highest BCUT2D eigenvalue weighted by Gasteiger charge is 2.21. The molecule has 0 aliphatic carbocycles. The van der Waals surface area contributed by atoms with Crippen molar-refractivity contribution in [1.82, 2.24) is 4.57 Å². The average molecular weight is 324 g/mol. The van der Waals surface area contributed by atoms with Gasteiger partial charge in [-0.25, -0.2) is 0 Å². The number of aromatic nitrogens is 1. The number of halogens is 1. The number of hydrogen-bond acceptors (Lipinski definition) is 1. The Labute approximate surface area is 141 Å². The predicted molar refractivity (Wildman–Crippen MR) is 94.1 cm³/mol. The lowest BCUT2D eigenvalue weighted by molar-refractivity contribution is 0.0977. The van der Waals surface area contributed by atoms with E-state index in [0.29, 0.717) is 11.4 Å². The third kappa shape index (κ3) is 3.54. The summed E-state index contributed by atoms with van der Waals surface area (Å²) in [5.74, 6) is 0.159. The van der Waals surface area contributed by atoms with Gasteiger partial charge >= 0.3 is 0 Å². The van der Waals surface area contributed by atoms with E-state index in [0.717, 1.165) is 16.8 Å². The van der Waals surface area contributed by atoms with Crippen LogP contribution in [0.4, 0.5) is 0 Å². The lowest BCUT2D eigenvalue weighted by Crippen LogP contribution is -2.12. The van der Waals surface area contributed by atoms with Crippen LogP contribution < -0.4 is 0 Å². The van der Waals surface area contributed by atoms with Crippen molar-refractivity contribution in [2.24, 2.45) is 7.05 Å². The van der Waals surface area contributed by atoms with E-state index in [1.54, 1.807) is 0 Å². The lowest BCUT2D eigenvalue weighted by Gasteiger charge is -2.18. The normalized spacial score (nSPS) is 12.1. The fourth-order valence-electron chi connectivity index (χ4n) is 2.85. The molecule has 0 amide bonds. The zero-order chi connectivity index (χ0) is 16.2. The van der Waals surface area contributed by atoms with E-state index in [4.69, 9.17) is 11.6 Å². The maximum atomic E-state index is 12.7. The summed E-state index contributed by atoms with van der Waals surface area (Å²) in [7, 11) is 2.01. The topological polar surface area (TPSA) is 22.0 Å². The highest BCUT2D eigenvalue weighted by Crippen LogP contribution is 2.30. The van der Waals surface area contributed by atoms with Crippen molar-refractivity contribution in [3.05, 3.63) is 94.8 Å². The Kier molecular flexibility index (Phi) is 4.63. The van der Waals surface area contributed by atoms with Crippen LogP contribution in [-0.4, -0.2) is 10.4 Å². The SMILES string of the molecule is Cn1cccc1C(CC(=O)c1ccccc1)c1ccc(Cl)cc1. The van der Waals surface area contributed by atoms with Gasteiger partial charge < -0.3 is 4.57 Å². The van der Waals surface area contributed by atoms with Crippen molar-refractivity contribution in [3.63, 3.8) is 0 Å². The van der Waals surface area contributed by atoms with Gasteiger partial charge in [-0.3, -0.25) is 4.79 Å². The summed E-state index contributed by atoms with van der Waals surface area (Å²) >= 11 is 6.00. The van der Waals surface area contributed by atoms with Gasteiger partial charge in [0, 0.05) is 41.9 Å². The van der Waals surface area contributed by atoms with Gasteiger partial charge in [-0.1, -0.05) is 54.1 Å². The van der Waals surface area contributed by atoms with Crippen molar-refractivity contribution < 1.29 is 4.79 Å². The molecule has 0 radical (unpaired) electrons. The molecule has 1 aromatic heterocycles. The quantitative estimate of drug-likeness (QED) is 0.600. The van der Waals surface area contributed by atoms with Gasteiger partial charge in [0.2, 0.25) is 0 Å². The molecule has 3 rings (SSSR count). The first-order valence-electron chi connectivity index (χ1n) is 7.60. The van der Waals surface area contributed by atoms with Gasteiger partial charge in [-0.2, -0.15) is 0 Å². The number of carbonyl (C=O) groups excluding carboxylic acids is 1. The molecule has 0 bridgehead atoms. The summed E-state index contributed by atoms with van der Waals surface area (Å²) in [6.45, 7) is 0. The molecule has 2 nitrogen and oxygen atoms in total. The number of rotatable bonds is 5. The molecule has 116 valence electrons. The molecular weight excluding hydrogens is 306 g/mol. The highest BCUT2D eigenvalue weighted by molar-refractivity contribution is 6.30. The summed E-state index contributed by atoms with van der Waals surface area (Å²) in [6, 6.07) is 21.3. The van der Waals surface area contributed by atoms with Gasteiger partial charge in [0.1, 0.15) is 0 Å². The van der Waals surface area contributed by atoms with Crippen molar-refractivity contribution in [2.75, 3.05) is 0 Å². The van der Waals surface area contributed by atoms with E-state index in [-0.39, 0.29) is 11.7 Å². The van der Waals surface area contributed by atoms with Crippen LogP contribution in [0.15, 0.2) is 72.9 Å². The molecule has 23 heavy (non-hydrogen) atoms. The Morgan fingerprint density at radius 2 is 1.70 bits per heavy atom. The zero-order valence-electron chi connectivity index (χ0n) is 12.9. The number of benzene rings is 2. The van der Waals surface area contributed by atoms with Gasteiger partial charge in [0.05, 0.1) is 0 Å². The van der Waals surface area contributed by atoms with Gasteiger partial charge in [0.25, 0.3) is 0 Å². The fourth-order valence-corrected chi connectivity index (χ4v) is 2.98. The van der Waals surface area contributed by atoms with Gasteiger partial charge in [-0.05, 0) is 29.8 Å². The summed E-state index contributed by atoms with van der Waals surface area (Å²) in [4.78, 5) is 12.7. The average Bonchev–Trinajstić information content (AvgIpc) is 3.00. The minimum atomic E-state index is 0.0139. The molecule has 1 atom stereocenters. The Hall–Kier alpha value is -2.32. The fraction of sp³-hybridized carbons (Fsp3) is 0.150. The Bertz CT molecular complexity index is 790. The van der Waals surface area contributed by atoms with Crippen LogP contribution in [0.5, 0.6) is 0 Å². The third-order valence-corrected chi connectivity index (χ3v) is 4.35.